The summed E-state index contributed by atoms with van der Waals surface area (Å²) in [6, 6.07) is 20.1. The third-order valence-electron chi connectivity index (χ3n) is 4.87. The Labute approximate surface area is 163 Å². The van der Waals surface area contributed by atoms with Crippen molar-refractivity contribution in [2.24, 2.45) is 0 Å². The van der Waals surface area contributed by atoms with E-state index < -0.39 is 0 Å². The van der Waals surface area contributed by atoms with Crippen LogP contribution < -0.4 is 15.5 Å². The molecule has 0 spiro atoms. The minimum Gasteiger partial charge on any atom is -0.354 e. The van der Waals surface area contributed by atoms with Crippen LogP contribution >= 0.6 is 0 Å². The molecule has 7 heteroatoms. The molecule has 1 saturated heterocycles. The maximum Gasteiger partial charge on any atom is 0.247 e. The molecule has 1 aliphatic rings. The van der Waals surface area contributed by atoms with Crippen molar-refractivity contribution in [1.29, 1.82) is 0 Å². The third-order valence-corrected chi connectivity index (χ3v) is 4.87. The Bertz CT molecular complexity index is 1080. The van der Waals surface area contributed by atoms with Crippen LogP contribution in [0.3, 0.4) is 0 Å². The fraction of sp³-hybridized carbons (Fsp3) is 0.190. The van der Waals surface area contributed by atoms with E-state index >= 15 is 0 Å². The number of aromatic nitrogens is 4. The molecule has 5 rings (SSSR count). The zero-order valence-electron chi connectivity index (χ0n) is 15.4. The predicted molar refractivity (Wildman–Crippen MR) is 111 cm³/mol. The van der Waals surface area contributed by atoms with Crippen molar-refractivity contribution in [3.8, 4) is 11.3 Å². The van der Waals surface area contributed by atoms with Crippen molar-refractivity contribution in [3.05, 3.63) is 66.9 Å². The number of hydrogen-bond donors (Lipinski definition) is 2. The van der Waals surface area contributed by atoms with E-state index in [1.807, 2.05) is 59.2 Å². The van der Waals surface area contributed by atoms with Gasteiger partial charge in [0.15, 0.2) is 5.65 Å². The van der Waals surface area contributed by atoms with Gasteiger partial charge in [0.2, 0.25) is 5.95 Å². The topological polar surface area (TPSA) is 70.4 Å². The number of nitrogens with one attached hydrogen (secondary N) is 2. The van der Waals surface area contributed by atoms with Gasteiger partial charge >= 0.3 is 0 Å². The Morgan fingerprint density at radius 3 is 2.64 bits per heavy atom. The Morgan fingerprint density at radius 2 is 1.79 bits per heavy atom. The first kappa shape index (κ1) is 16.7. The first-order valence-electron chi connectivity index (χ1n) is 9.47. The van der Waals surface area contributed by atoms with E-state index in [2.05, 4.69) is 42.7 Å². The highest BCUT2D eigenvalue weighted by molar-refractivity contribution is 5.67. The van der Waals surface area contributed by atoms with E-state index in [1.54, 1.807) is 0 Å². The largest absolute Gasteiger partial charge is 0.354 e. The highest BCUT2D eigenvalue weighted by atomic mass is 15.4. The van der Waals surface area contributed by atoms with E-state index in [9.17, 15) is 0 Å². The fourth-order valence-corrected chi connectivity index (χ4v) is 3.47. The number of pyridine rings is 2. The summed E-state index contributed by atoms with van der Waals surface area (Å²) in [7, 11) is 0. The monoisotopic (exact) mass is 371 g/mol. The van der Waals surface area contributed by atoms with Crippen LogP contribution in [0.25, 0.3) is 16.9 Å². The van der Waals surface area contributed by atoms with Crippen molar-refractivity contribution in [2.75, 3.05) is 36.4 Å². The molecule has 2 N–H and O–H groups in total. The second-order valence-electron chi connectivity index (χ2n) is 6.75. The lowest BCUT2D eigenvalue weighted by Crippen LogP contribution is -2.43. The summed E-state index contributed by atoms with van der Waals surface area (Å²) in [6.07, 6.45) is 1.87. The molecule has 0 radical (unpaired) electrons. The number of fused-ring (bicyclic) bond motifs is 1. The molecule has 0 unspecified atom stereocenters. The second-order valence-corrected chi connectivity index (χ2v) is 6.75. The number of rotatable bonds is 4. The fourth-order valence-electron chi connectivity index (χ4n) is 3.47. The van der Waals surface area contributed by atoms with Gasteiger partial charge in [-0.15, -0.1) is 5.10 Å². The van der Waals surface area contributed by atoms with Gasteiger partial charge < -0.3 is 15.5 Å². The van der Waals surface area contributed by atoms with Crippen LogP contribution in [-0.4, -0.2) is 45.8 Å². The van der Waals surface area contributed by atoms with E-state index in [1.165, 1.54) is 0 Å². The zero-order valence-corrected chi connectivity index (χ0v) is 15.4. The predicted octanol–water partition coefficient (Wildman–Crippen LogP) is 2.94. The van der Waals surface area contributed by atoms with E-state index in [4.69, 9.17) is 0 Å². The Morgan fingerprint density at radius 1 is 0.929 bits per heavy atom. The summed E-state index contributed by atoms with van der Waals surface area (Å²) in [5.74, 6) is 1.58. The summed E-state index contributed by atoms with van der Waals surface area (Å²) >= 11 is 0. The molecule has 4 heterocycles. The molecular formula is C21H21N7. The second kappa shape index (κ2) is 7.28. The number of anilines is 3. The quantitative estimate of drug-likeness (QED) is 0.575. The number of para-hydroxylation sites is 1. The zero-order chi connectivity index (χ0) is 18.8. The number of piperazine rings is 1. The van der Waals surface area contributed by atoms with Crippen LogP contribution in [0, 0.1) is 0 Å². The Hall–Kier alpha value is -3.45. The van der Waals surface area contributed by atoms with Gasteiger partial charge in [-0.2, -0.15) is 4.98 Å². The van der Waals surface area contributed by atoms with Crippen LogP contribution in [0.15, 0.2) is 66.9 Å². The van der Waals surface area contributed by atoms with Crippen LogP contribution in [-0.2, 0) is 0 Å². The van der Waals surface area contributed by atoms with Gasteiger partial charge in [-0.05, 0) is 36.4 Å². The minimum absolute atomic E-state index is 0.579. The highest BCUT2D eigenvalue weighted by Gasteiger charge is 2.14. The van der Waals surface area contributed by atoms with Gasteiger partial charge in [-0.3, -0.25) is 0 Å². The molecule has 0 bridgehead atoms. The van der Waals surface area contributed by atoms with Gasteiger partial charge in [0.25, 0.3) is 0 Å². The molecule has 0 atom stereocenters. The first-order valence-corrected chi connectivity index (χ1v) is 9.47. The molecule has 0 saturated carbocycles. The normalized spacial score (nSPS) is 14.4. The average Bonchev–Trinajstić information content (AvgIpc) is 3.17. The highest BCUT2D eigenvalue weighted by Crippen LogP contribution is 2.25. The van der Waals surface area contributed by atoms with E-state index in [0.717, 1.165) is 54.6 Å². The standard InChI is InChI=1S/C21H21N7/c1-2-5-17(6-3-1)24-21-25-19-8-4-7-18(28(19)26-21)16-9-10-23-20(15-16)27-13-11-22-12-14-27/h1-10,15,22H,11-14H2,(H,24,26). The molecule has 3 aromatic heterocycles. The van der Waals surface area contributed by atoms with Crippen molar-refractivity contribution < 1.29 is 0 Å². The molecule has 0 amide bonds. The Kier molecular flexibility index (Phi) is 4.34. The van der Waals surface area contributed by atoms with Gasteiger partial charge in [0.1, 0.15) is 5.82 Å². The minimum atomic E-state index is 0.579. The van der Waals surface area contributed by atoms with E-state index in [0.29, 0.717) is 5.95 Å². The van der Waals surface area contributed by atoms with Gasteiger partial charge in [-0.1, -0.05) is 24.3 Å². The number of nitrogens with zero attached hydrogens (tertiary/aromatic N) is 5. The van der Waals surface area contributed by atoms with Crippen molar-refractivity contribution >= 4 is 23.1 Å². The van der Waals surface area contributed by atoms with Gasteiger partial charge in [-0.25, -0.2) is 9.50 Å². The number of benzene rings is 1. The first-order chi connectivity index (χ1) is 13.9. The third kappa shape index (κ3) is 3.27. The van der Waals surface area contributed by atoms with Crippen molar-refractivity contribution in [3.63, 3.8) is 0 Å². The van der Waals surface area contributed by atoms with Crippen LogP contribution in [0.2, 0.25) is 0 Å². The van der Waals surface area contributed by atoms with E-state index in [-0.39, 0.29) is 0 Å². The summed E-state index contributed by atoms with van der Waals surface area (Å²) in [5.41, 5.74) is 3.83. The lowest BCUT2D eigenvalue weighted by Gasteiger charge is -2.28. The summed E-state index contributed by atoms with van der Waals surface area (Å²) < 4.78 is 1.88. The molecule has 1 fully saturated rings. The molecule has 28 heavy (non-hydrogen) atoms. The van der Waals surface area contributed by atoms with Crippen LogP contribution in [0.1, 0.15) is 0 Å². The molecule has 7 nitrogen and oxygen atoms in total. The van der Waals surface area contributed by atoms with Crippen LogP contribution in [0.5, 0.6) is 0 Å². The molecule has 1 aliphatic heterocycles. The van der Waals surface area contributed by atoms with Gasteiger partial charge in [0, 0.05) is 43.6 Å². The maximum absolute atomic E-state index is 4.68. The van der Waals surface area contributed by atoms with Crippen molar-refractivity contribution in [1.82, 2.24) is 24.9 Å². The lowest BCUT2D eigenvalue weighted by molar-refractivity contribution is 0.585. The summed E-state index contributed by atoms with van der Waals surface area (Å²) in [6.45, 7) is 3.91. The molecule has 140 valence electrons. The smallest absolute Gasteiger partial charge is 0.247 e. The molecule has 0 aliphatic carbocycles. The SMILES string of the molecule is c1ccc(Nc2nc3cccc(-c4ccnc(N5CCNCC5)c4)n3n2)cc1. The summed E-state index contributed by atoms with van der Waals surface area (Å²) in [5, 5.41) is 11.3. The Balaban J connectivity index is 1.50. The molecule has 4 aromatic rings. The molecular weight excluding hydrogens is 350 g/mol. The molecule has 1 aromatic carbocycles. The van der Waals surface area contributed by atoms with Crippen LogP contribution in [0.4, 0.5) is 17.5 Å². The lowest BCUT2D eigenvalue weighted by atomic mass is 10.1. The number of hydrogen-bond acceptors (Lipinski definition) is 6. The van der Waals surface area contributed by atoms with Gasteiger partial charge in [0.05, 0.1) is 5.69 Å². The van der Waals surface area contributed by atoms with Crippen molar-refractivity contribution in [2.45, 2.75) is 0 Å². The maximum atomic E-state index is 4.68. The average molecular weight is 371 g/mol. The summed E-state index contributed by atoms with van der Waals surface area (Å²) in [4.78, 5) is 11.5.